The Morgan fingerprint density at radius 2 is 1.43 bits per heavy atom. The van der Waals surface area contributed by atoms with E-state index in [1.807, 2.05) is 0 Å². The molecule has 0 N–H and O–H groups in total. The van der Waals surface area contributed by atoms with E-state index in [-0.39, 0.29) is 0 Å². The Bertz CT molecular complexity index is 871. The van der Waals surface area contributed by atoms with Gasteiger partial charge in [-0.3, -0.25) is 4.90 Å². The van der Waals surface area contributed by atoms with Gasteiger partial charge in [0.05, 0.1) is 0 Å². The van der Waals surface area contributed by atoms with E-state index in [1.165, 1.54) is 77.7 Å². The molecule has 4 aliphatic rings. The van der Waals surface area contributed by atoms with E-state index in [9.17, 15) is 0 Å². The highest BCUT2D eigenvalue weighted by Gasteiger charge is 2.61. The summed E-state index contributed by atoms with van der Waals surface area (Å²) in [5.41, 5.74) is 5.94. The average molecular weight is 480 g/mol. The number of benzene rings is 1. The summed E-state index contributed by atoms with van der Waals surface area (Å²) in [5.74, 6) is 1.43. The van der Waals surface area contributed by atoms with Crippen LogP contribution in [-0.2, 0) is 12.0 Å². The van der Waals surface area contributed by atoms with Gasteiger partial charge >= 0.3 is 0 Å². The zero-order valence-electron chi connectivity index (χ0n) is 23.9. The van der Waals surface area contributed by atoms with Gasteiger partial charge in [0.15, 0.2) is 0 Å². The molecule has 0 radical (unpaired) electrons. The molecule has 3 fully saturated rings. The summed E-state index contributed by atoms with van der Waals surface area (Å²) in [6.45, 7) is 23.4. The Morgan fingerprint density at radius 1 is 0.800 bits per heavy atom. The summed E-state index contributed by atoms with van der Waals surface area (Å²) in [4.78, 5) is 8.44. The smallest absolute Gasteiger partial charge is 0.0499 e. The summed E-state index contributed by atoms with van der Waals surface area (Å²) >= 11 is 0. The second-order valence-corrected chi connectivity index (χ2v) is 13.6. The van der Waals surface area contributed by atoms with E-state index >= 15 is 0 Å². The zero-order chi connectivity index (χ0) is 25.0. The fourth-order valence-electron chi connectivity index (χ4n) is 8.43. The second-order valence-electron chi connectivity index (χ2n) is 13.6. The van der Waals surface area contributed by atoms with Gasteiger partial charge in [-0.15, -0.1) is 0 Å². The SMILES string of the molecule is CC(C)c1cccc2c1CCN(C(C)C)C21CC1CC(C)N1CCC2(CCN(C(C)C)CC2)CC1. The van der Waals surface area contributed by atoms with Crippen molar-refractivity contribution in [2.24, 2.45) is 11.3 Å². The molecule has 1 aliphatic carbocycles. The fraction of sp³-hybridized carbons (Fsp3) is 0.812. The van der Waals surface area contributed by atoms with Gasteiger partial charge in [0, 0.05) is 30.2 Å². The van der Waals surface area contributed by atoms with Gasteiger partial charge in [0.2, 0.25) is 0 Å². The molecule has 0 bridgehead atoms. The maximum Gasteiger partial charge on any atom is 0.0499 e. The van der Waals surface area contributed by atoms with Crippen molar-refractivity contribution in [2.75, 3.05) is 32.7 Å². The Balaban J connectivity index is 1.25. The third kappa shape index (κ3) is 4.64. The second kappa shape index (κ2) is 9.76. The van der Waals surface area contributed by atoms with Crippen LogP contribution < -0.4 is 0 Å². The standard InChI is InChI=1S/C32H53N3/c1-23(2)28-9-8-10-30-29(28)11-16-35(25(5)6)32(30)22-27(32)21-26(7)34-19-14-31(15-20-34)12-17-33(18-13-31)24(3)4/h8-10,23-27H,11-22H2,1-7H3. The Kier molecular flexibility index (Phi) is 7.18. The first-order chi connectivity index (χ1) is 16.7. The lowest BCUT2D eigenvalue weighted by atomic mass is 9.71. The molecule has 196 valence electrons. The first-order valence-corrected chi connectivity index (χ1v) is 15.0. The maximum absolute atomic E-state index is 2.88. The molecule has 3 heteroatoms. The molecule has 0 aromatic heterocycles. The lowest BCUT2D eigenvalue weighted by Crippen LogP contribution is -2.50. The van der Waals surface area contributed by atoms with Gasteiger partial charge < -0.3 is 9.80 Å². The highest BCUT2D eigenvalue weighted by atomic mass is 15.3. The van der Waals surface area contributed by atoms with Crippen LogP contribution in [0.1, 0.15) is 110 Å². The van der Waals surface area contributed by atoms with E-state index in [1.54, 1.807) is 16.7 Å². The minimum Gasteiger partial charge on any atom is -0.301 e. The molecule has 2 spiro atoms. The van der Waals surface area contributed by atoms with Crippen LogP contribution in [0.2, 0.25) is 0 Å². The lowest BCUT2D eigenvalue weighted by molar-refractivity contribution is 0.0112. The predicted molar refractivity (Wildman–Crippen MR) is 149 cm³/mol. The van der Waals surface area contributed by atoms with E-state index in [0.29, 0.717) is 35.0 Å². The van der Waals surface area contributed by atoms with Crippen molar-refractivity contribution >= 4 is 0 Å². The van der Waals surface area contributed by atoms with Gasteiger partial charge in [-0.05, 0) is 140 Å². The number of piperidine rings is 2. The largest absolute Gasteiger partial charge is 0.301 e. The summed E-state index contributed by atoms with van der Waals surface area (Å²) in [6, 6.07) is 9.29. The molecule has 5 rings (SSSR count). The van der Waals surface area contributed by atoms with Crippen LogP contribution >= 0.6 is 0 Å². The molecule has 3 heterocycles. The average Bonchev–Trinajstić information content (AvgIpc) is 3.52. The monoisotopic (exact) mass is 479 g/mol. The van der Waals surface area contributed by atoms with E-state index in [4.69, 9.17) is 0 Å². The Morgan fingerprint density at radius 3 is 2.00 bits per heavy atom. The van der Waals surface area contributed by atoms with Crippen molar-refractivity contribution in [3.05, 3.63) is 34.9 Å². The van der Waals surface area contributed by atoms with Crippen LogP contribution in [0, 0.1) is 11.3 Å². The summed E-state index contributed by atoms with van der Waals surface area (Å²) in [6.07, 6.45) is 9.67. The van der Waals surface area contributed by atoms with Crippen molar-refractivity contribution in [3.63, 3.8) is 0 Å². The van der Waals surface area contributed by atoms with Crippen LogP contribution in [0.4, 0.5) is 0 Å². The third-order valence-corrected chi connectivity index (χ3v) is 10.8. The minimum atomic E-state index is 0.307. The van der Waals surface area contributed by atoms with Gasteiger partial charge in [-0.25, -0.2) is 0 Å². The summed E-state index contributed by atoms with van der Waals surface area (Å²) < 4.78 is 0. The molecule has 2 saturated heterocycles. The quantitative estimate of drug-likeness (QED) is 0.452. The van der Waals surface area contributed by atoms with Crippen LogP contribution in [0.3, 0.4) is 0 Å². The van der Waals surface area contributed by atoms with Crippen molar-refractivity contribution < 1.29 is 0 Å². The number of rotatable bonds is 6. The summed E-state index contributed by atoms with van der Waals surface area (Å²) in [5, 5.41) is 0. The van der Waals surface area contributed by atoms with E-state index < -0.39 is 0 Å². The lowest BCUT2D eigenvalue weighted by Gasteiger charge is -2.49. The van der Waals surface area contributed by atoms with E-state index in [0.717, 1.165) is 5.92 Å². The molecule has 3 atom stereocenters. The molecule has 3 nitrogen and oxygen atoms in total. The molecule has 1 aromatic rings. The van der Waals surface area contributed by atoms with Crippen molar-refractivity contribution in [1.82, 2.24) is 14.7 Å². The normalized spacial score (nSPS) is 30.5. The highest BCUT2D eigenvalue weighted by Crippen LogP contribution is 2.62. The predicted octanol–water partition coefficient (Wildman–Crippen LogP) is 6.66. The summed E-state index contributed by atoms with van der Waals surface area (Å²) in [7, 11) is 0. The highest BCUT2D eigenvalue weighted by molar-refractivity contribution is 5.47. The van der Waals surface area contributed by atoms with Gasteiger partial charge in [-0.2, -0.15) is 0 Å². The topological polar surface area (TPSA) is 9.72 Å². The number of hydrogen-bond acceptors (Lipinski definition) is 3. The molecule has 3 aliphatic heterocycles. The first-order valence-electron chi connectivity index (χ1n) is 15.0. The Hall–Kier alpha value is -0.900. The van der Waals surface area contributed by atoms with Crippen LogP contribution in [0.15, 0.2) is 18.2 Å². The van der Waals surface area contributed by atoms with Gasteiger partial charge in [0.25, 0.3) is 0 Å². The molecular weight excluding hydrogens is 426 g/mol. The zero-order valence-corrected chi connectivity index (χ0v) is 23.9. The number of hydrogen-bond donors (Lipinski definition) is 0. The van der Waals surface area contributed by atoms with Crippen molar-refractivity contribution in [3.8, 4) is 0 Å². The molecule has 3 unspecified atom stereocenters. The minimum absolute atomic E-state index is 0.307. The van der Waals surface area contributed by atoms with Crippen molar-refractivity contribution in [2.45, 2.75) is 123 Å². The van der Waals surface area contributed by atoms with Crippen molar-refractivity contribution in [1.29, 1.82) is 0 Å². The number of nitrogens with zero attached hydrogens (tertiary/aromatic N) is 3. The number of likely N-dealkylation sites (tertiary alicyclic amines) is 2. The van der Waals surface area contributed by atoms with Crippen LogP contribution in [0.25, 0.3) is 0 Å². The molecule has 0 amide bonds. The molecule has 1 aromatic carbocycles. The fourth-order valence-corrected chi connectivity index (χ4v) is 8.43. The van der Waals surface area contributed by atoms with Gasteiger partial charge in [0.1, 0.15) is 0 Å². The van der Waals surface area contributed by atoms with Gasteiger partial charge in [-0.1, -0.05) is 32.0 Å². The number of fused-ring (bicyclic) bond motifs is 2. The third-order valence-electron chi connectivity index (χ3n) is 10.8. The molecular formula is C32H53N3. The van der Waals surface area contributed by atoms with Crippen LogP contribution in [-0.4, -0.2) is 65.5 Å². The molecule has 1 saturated carbocycles. The Labute approximate surface area is 216 Å². The van der Waals surface area contributed by atoms with E-state index in [2.05, 4.69) is 81.4 Å². The first kappa shape index (κ1) is 25.7. The van der Waals surface area contributed by atoms with Crippen LogP contribution in [0.5, 0.6) is 0 Å². The maximum atomic E-state index is 2.88. The molecule has 35 heavy (non-hydrogen) atoms.